The van der Waals surface area contributed by atoms with Crippen molar-refractivity contribution in [3.05, 3.63) is 64.7 Å². The Hall–Kier alpha value is -1.65. The van der Waals surface area contributed by atoms with Gasteiger partial charge in [0, 0.05) is 11.1 Å². The maximum Gasteiger partial charge on any atom is 0.159 e. The van der Waals surface area contributed by atoms with Crippen LogP contribution in [0.2, 0.25) is 5.02 Å². The zero-order chi connectivity index (χ0) is 15.2. The van der Waals surface area contributed by atoms with Crippen molar-refractivity contribution >= 4 is 11.6 Å². The second-order valence-electron chi connectivity index (χ2n) is 4.71. The minimum Gasteiger partial charge on any atom is -0.492 e. The lowest BCUT2D eigenvalue weighted by Crippen LogP contribution is -2.33. The third kappa shape index (κ3) is 4.69. The highest BCUT2D eigenvalue weighted by molar-refractivity contribution is 6.30. The highest BCUT2D eigenvalue weighted by atomic mass is 35.5. The second kappa shape index (κ2) is 7.38. The maximum atomic E-state index is 13.2. The first kappa shape index (κ1) is 15.7. The van der Waals surface area contributed by atoms with Gasteiger partial charge >= 0.3 is 0 Å². The quantitative estimate of drug-likeness (QED) is 0.875. The van der Waals surface area contributed by atoms with Crippen LogP contribution in [0.5, 0.6) is 5.75 Å². The Kier molecular flexibility index (Phi) is 5.53. The smallest absolute Gasteiger partial charge is 0.159 e. The monoisotopic (exact) mass is 311 g/mol. The molecule has 2 nitrogen and oxygen atoms in total. The van der Waals surface area contributed by atoms with E-state index in [1.54, 1.807) is 31.3 Å². The molecule has 1 N–H and O–H groups in total. The molecule has 0 heterocycles. The highest BCUT2D eigenvalue weighted by Crippen LogP contribution is 2.17. The van der Waals surface area contributed by atoms with Gasteiger partial charge in [0.15, 0.2) is 11.6 Å². The summed E-state index contributed by atoms with van der Waals surface area (Å²) in [5.41, 5.74) is 0.711. The summed E-state index contributed by atoms with van der Waals surface area (Å²) in [5.74, 6) is -0.999. The van der Waals surface area contributed by atoms with Crippen molar-refractivity contribution in [3.63, 3.8) is 0 Å². The Labute approximate surface area is 127 Å². The van der Waals surface area contributed by atoms with Crippen LogP contribution in [0.4, 0.5) is 8.78 Å². The fraction of sp³-hybridized carbons (Fsp3) is 0.250. The second-order valence-corrected chi connectivity index (χ2v) is 5.14. The standard InChI is InChI=1S/C16H16ClF2NO/c1-20-13(7-11-5-6-15(18)16(19)8-11)10-21-14-4-2-3-12(17)9-14/h2-6,8-9,13,20H,7,10H2,1H3. The normalized spacial score (nSPS) is 12.2. The van der Waals surface area contributed by atoms with Crippen LogP contribution >= 0.6 is 11.6 Å². The fourth-order valence-corrected chi connectivity index (χ4v) is 2.13. The summed E-state index contributed by atoms with van der Waals surface area (Å²) in [4.78, 5) is 0. The van der Waals surface area contributed by atoms with E-state index in [1.165, 1.54) is 6.07 Å². The molecule has 0 amide bonds. The molecule has 2 rings (SSSR count). The van der Waals surface area contributed by atoms with Crippen LogP contribution in [-0.2, 0) is 6.42 Å². The van der Waals surface area contributed by atoms with Crippen molar-refractivity contribution in [2.75, 3.05) is 13.7 Å². The van der Waals surface area contributed by atoms with Crippen molar-refractivity contribution in [2.45, 2.75) is 12.5 Å². The topological polar surface area (TPSA) is 21.3 Å². The number of hydrogen-bond donors (Lipinski definition) is 1. The summed E-state index contributed by atoms with van der Waals surface area (Å²) in [6.07, 6.45) is 0.536. The average Bonchev–Trinajstić information content (AvgIpc) is 2.47. The predicted octanol–water partition coefficient (Wildman–Crippen LogP) is 3.83. The molecule has 1 atom stereocenters. The fourth-order valence-electron chi connectivity index (χ4n) is 1.95. The van der Waals surface area contributed by atoms with Crippen LogP contribution < -0.4 is 10.1 Å². The molecule has 0 saturated carbocycles. The molecule has 0 spiro atoms. The summed E-state index contributed by atoms with van der Waals surface area (Å²) < 4.78 is 31.7. The van der Waals surface area contributed by atoms with Gasteiger partial charge in [0.2, 0.25) is 0 Å². The van der Waals surface area contributed by atoms with Gasteiger partial charge in [-0.3, -0.25) is 0 Å². The van der Waals surface area contributed by atoms with E-state index < -0.39 is 11.6 Å². The van der Waals surface area contributed by atoms with Gasteiger partial charge in [0.25, 0.3) is 0 Å². The first-order chi connectivity index (χ1) is 10.1. The average molecular weight is 312 g/mol. The number of likely N-dealkylation sites (N-methyl/N-ethyl adjacent to an activating group) is 1. The van der Waals surface area contributed by atoms with Crippen molar-refractivity contribution < 1.29 is 13.5 Å². The predicted molar refractivity (Wildman–Crippen MR) is 79.9 cm³/mol. The van der Waals surface area contributed by atoms with E-state index >= 15 is 0 Å². The van der Waals surface area contributed by atoms with Gasteiger partial charge in [-0.05, 0) is 49.4 Å². The number of halogens is 3. The molecule has 0 aliphatic heterocycles. The molecule has 5 heteroatoms. The zero-order valence-corrected chi connectivity index (χ0v) is 12.3. The molecule has 0 aromatic heterocycles. The summed E-state index contributed by atoms with van der Waals surface area (Å²) in [6.45, 7) is 0.399. The largest absolute Gasteiger partial charge is 0.492 e. The van der Waals surface area contributed by atoms with Gasteiger partial charge in [0.1, 0.15) is 12.4 Å². The Bertz CT molecular complexity index is 607. The third-order valence-corrected chi connectivity index (χ3v) is 3.36. The minimum absolute atomic E-state index is 0.0196. The summed E-state index contributed by atoms with van der Waals surface area (Å²) in [6, 6.07) is 11.0. The number of benzene rings is 2. The van der Waals surface area contributed by atoms with E-state index in [0.717, 1.165) is 6.07 Å². The van der Waals surface area contributed by atoms with Crippen molar-refractivity contribution in [1.82, 2.24) is 5.32 Å². The van der Waals surface area contributed by atoms with E-state index in [9.17, 15) is 8.78 Å². The van der Waals surface area contributed by atoms with Gasteiger partial charge in [-0.1, -0.05) is 23.7 Å². The van der Waals surface area contributed by atoms with Crippen LogP contribution in [0, 0.1) is 11.6 Å². The molecule has 2 aromatic carbocycles. The Balaban J connectivity index is 1.95. The molecule has 1 unspecified atom stereocenters. The first-order valence-corrected chi connectivity index (χ1v) is 6.96. The molecular formula is C16H16ClF2NO. The molecule has 0 aliphatic rings. The Morgan fingerprint density at radius 1 is 1.14 bits per heavy atom. The van der Waals surface area contributed by atoms with E-state index in [1.807, 2.05) is 6.07 Å². The van der Waals surface area contributed by atoms with Crippen molar-refractivity contribution in [2.24, 2.45) is 0 Å². The summed E-state index contributed by atoms with van der Waals surface area (Å²) in [7, 11) is 1.80. The molecule has 0 bridgehead atoms. The molecule has 0 aliphatic carbocycles. The van der Waals surface area contributed by atoms with E-state index in [-0.39, 0.29) is 6.04 Å². The van der Waals surface area contributed by atoms with E-state index in [2.05, 4.69) is 5.32 Å². The molecule has 0 fully saturated rings. The van der Waals surface area contributed by atoms with Gasteiger partial charge < -0.3 is 10.1 Å². The molecule has 0 radical (unpaired) electrons. The summed E-state index contributed by atoms with van der Waals surface area (Å²) in [5, 5.41) is 3.70. The Morgan fingerprint density at radius 2 is 1.95 bits per heavy atom. The molecular weight excluding hydrogens is 296 g/mol. The van der Waals surface area contributed by atoms with Crippen LogP contribution in [0.3, 0.4) is 0 Å². The minimum atomic E-state index is -0.838. The van der Waals surface area contributed by atoms with E-state index in [4.69, 9.17) is 16.3 Å². The number of ether oxygens (including phenoxy) is 1. The van der Waals surface area contributed by atoms with Crippen molar-refractivity contribution in [3.8, 4) is 5.75 Å². The lowest BCUT2D eigenvalue weighted by atomic mass is 10.1. The van der Waals surface area contributed by atoms with Gasteiger partial charge in [0.05, 0.1) is 0 Å². The number of nitrogens with one attached hydrogen (secondary N) is 1. The maximum absolute atomic E-state index is 13.2. The van der Waals surface area contributed by atoms with Crippen LogP contribution in [0.1, 0.15) is 5.56 Å². The van der Waals surface area contributed by atoms with Crippen molar-refractivity contribution in [1.29, 1.82) is 0 Å². The van der Waals surface area contributed by atoms with Crippen LogP contribution in [0.15, 0.2) is 42.5 Å². The number of rotatable bonds is 6. The van der Waals surface area contributed by atoms with E-state index in [0.29, 0.717) is 29.4 Å². The molecule has 21 heavy (non-hydrogen) atoms. The Morgan fingerprint density at radius 3 is 2.62 bits per heavy atom. The van der Waals surface area contributed by atoms with Crippen LogP contribution in [0.25, 0.3) is 0 Å². The molecule has 0 saturated heterocycles. The zero-order valence-electron chi connectivity index (χ0n) is 11.6. The van der Waals surface area contributed by atoms with Gasteiger partial charge in [-0.25, -0.2) is 8.78 Å². The number of hydrogen-bond acceptors (Lipinski definition) is 2. The third-order valence-electron chi connectivity index (χ3n) is 3.12. The SMILES string of the molecule is CNC(COc1cccc(Cl)c1)Cc1ccc(F)c(F)c1. The van der Waals surface area contributed by atoms with Gasteiger partial charge in [-0.15, -0.1) is 0 Å². The first-order valence-electron chi connectivity index (χ1n) is 6.58. The lowest BCUT2D eigenvalue weighted by Gasteiger charge is -2.17. The van der Waals surface area contributed by atoms with Crippen LogP contribution in [-0.4, -0.2) is 19.7 Å². The summed E-state index contributed by atoms with van der Waals surface area (Å²) >= 11 is 5.88. The molecule has 2 aromatic rings. The molecule has 112 valence electrons. The van der Waals surface area contributed by atoms with Gasteiger partial charge in [-0.2, -0.15) is 0 Å². The highest BCUT2D eigenvalue weighted by Gasteiger charge is 2.10. The lowest BCUT2D eigenvalue weighted by molar-refractivity contribution is 0.269.